The van der Waals surface area contributed by atoms with Gasteiger partial charge in [-0.25, -0.2) is 0 Å². The van der Waals surface area contributed by atoms with Crippen LogP contribution in [0.1, 0.15) is 11.1 Å². The lowest BCUT2D eigenvalue weighted by Gasteiger charge is -2.25. The van der Waals surface area contributed by atoms with E-state index in [-0.39, 0.29) is 0 Å². The highest BCUT2D eigenvalue weighted by molar-refractivity contribution is 7.27. The molecule has 0 saturated carbocycles. The minimum Gasteiger partial charge on any atom is -0.455 e. The average molecular weight is 1070 g/mol. The van der Waals surface area contributed by atoms with Crippen molar-refractivity contribution in [2.75, 3.05) is 0 Å². The van der Waals surface area contributed by atoms with Crippen molar-refractivity contribution in [2.24, 2.45) is 0 Å². The third-order valence-corrected chi connectivity index (χ3v) is 19.0. The van der Waals surface area contributed by atoms with Crippen LogP contribution >= 0.6 is 22.7 Å². The first-order valence-electron chi connectivity index (χ1n) is 27.0. The predicted octanol–water partition coefficient (Wildman–Crippen LogP) is 20.9. The molecule has 12 aromatic carbocycles. The van der Waals surface area contributed by atoms with E-state index < -0.39 is 0 Å². The molecule has 5 heterocycles. The van der Waals surface area contributed by atoms with Gasteiger partial charge in [0.05, 0.1) is 54.0 Å². The molecule has 17 aromatic rings. The van der Waals surface area contributed by atoms with Crippen molar-refractivity contribution in [3.8, 4) is 68.0 Å². The smallest absolute Gasteiger partial charge is 0.143 e. The first kappa shape index (κ1) is 45.5. The van der Waals surface area contributed by atoms with Gasteiger partial charge in [0.25, 0.3) is 0 Å². The minimum atomic E-state index is 0.402. The average Bonchev–Trinajstić information content (AvgIpc) is 3.58. The van der Waals surface area contributed by atoms with Gasteiger partial charge in [-0.15, -0.1) is 22.7 Å². The predicted molar refractivity (Wildman–Crippen MR) is 339 cm³/mol. The largest absolute Gasteiger partial charge is 0.455 e. The van der Waals surface area contributed by atoms with Gasteiger partial charge in [-0.2, -0.15) is 10.5 Å². The van der Waals surface area contributed by atoms with Crippen molar-refractivity contribution >= 4 is 129 Å². The number of para-hydroxylation sites is 3. The fraction of sp³-hybridized carbons (Fsp3) is 0. The number of aromatic nitrogens is 2. The summed E-state index contributed by atoms with van der Waals surface area (Å²) in [5, 5.41) is 35.7. The molecule has 0 aliphatic heterocycles. The first-order valence-corrected chi connectivity index (χ1v) is 28.7. The van der Waals surface area contributed by atoms with Crippen LogP contribution < -0.4 is 0 Å². The third-order valence-electron chi connectivity index (χ3n) is 16.6. The lowest BCUT2D eigenvalue weighted by atomic mass is 9.86. The molecule has 0 saturated heterocycles. The number of thiophene rings is 2. The monoisotopic (exact) mass is 1060 g/mol. The molecule has 17 rings (SSSR count). The summed E-state index contributed by atoms with van der Waals surface area (Å²) in [7, 11) is 0. The van der Waals surface area contributed by atoms with Crippen LogP contribution in [0.5, 0.6) is 0 Å². The maximum Gasteiger partial charge on any atom is 0.143 e. The number of furan rings is 1. The van der Waals surface area contributed by atoms with E-state index in [9.17, 15) is 10.5 Å². The van der Waals surface area contributed by atoms with Crippen LogP contribution in [0, 0.1) is 22.7 Å². The summed E-state index contributed by atoms with van der Waals surface area (Å²) in [6.07, 6.45) is 0. The molecule has 0 atom stereocenters. The molecule has 0 radical (unpaired) electrons. The Morgan fingerprint density at radius 2 is 0.877 bits per heavy atom. The van der Waals surface area contributed by atoms with E-state index in [1.807, 2.05) is 48.5 Å². The second kappa shape index (κ2) is 17.5. The van der Waals surface area contributed by atoms with E-state index in [1.54, 1.807) is 22.7 Å². The number of fused-ring (bicyclic) bond motifs is 17. The standard InChI is InChI=1S/C74H40N4OS2/c75-41-57-64(44-22-6-2-7-23-44)58(42-76)69(78-70-49(38-39-52-47-27-12-16-36-62(47)80-73(52)70)56-40-55(43-20-4-1-5-21-43)67-54-29-13-17-37-63(54)81-74(67)71(56)78)65(45-24-8-3-9-25-45)68(57)77-59-33-14-10-28-53(59)66-48(30-19-34-60(66)77)51-32-18-31-50-46-26-11-15-35-61(46)79-72(50)51/h1-40H. The molecule has 0 unspecified atom stereocenters. The van der Waals surface area contributed by atoms with Gasteiger partial charge < -0.3 is 13.6 Å². The van der Waals surface area contributed by atoms with E-state index in [0.29, 0.717) is 28.1 Å². The molecule has 0 spiro atoms. The highest BCUT2D eigenvalue weighted by Crippen LogP contribution is 2.55. The SMILES string of the molecule is N#Cc1c(-c2ccccc2)c(C#N)c(-n2c3c(ccc4c5ccccc5sc43)c3cc(-c4ccccc4)c4c5ccccc5sc4c32)c(-c2ccccc2)c1-n1c2ccccc2c2c(-c3cccc4c3oc3ccccc34)cccc21. The van der Waals surface area contributed by atoms with Crippen LogP contribution in [0.4, 0.5) is 0 Å². The van der Waals surface area contributed by atoms with E-state index in [4.69, 9.17) is 4.42 Å². The molecule has 374 valence electrons. The highest BCUT2D eigenvalue weighted by Gasteiger charge is 2.34. The molecule has 0 aliphatic rings. The number of nitrogens with zero attached hydrogens (tertiary/aromatic N) is 4. The van der Waals surface area contributed by atoms with Crippen LogP contribution in [0.3, 0.4) is 0 Å². The number of nitriles is 2. The Bertz CT molecular complexity index is 5610. The molecule has 7 heteroatoms. The molecule has 5 aromatic heterocycles. The van der Waals surface area contributed by atoms with E-state index in [0.717, 1.165) is 125 Å². The van der Waals surface area contributed by atoms with Crippen molar-refractivity contribution in [1.29, 1.82) is 10.5 Å². The zero-order valence-corrected chi connectivity index (χ0v) is 44.7. The zero-order valence-electron chi connectivity index (χ0n) is 43.1. The Kier molecular flexibility index (Phi) is 9.82. The molecule has 0 bridgehead atoms. The number of hydrogen-bond donors (Lipinski definition) is 0. The summed E-state index contributed by atoms with van der Waals surface area (Å²) in [6.45, 7) is 0. The van der Waals surface area contributed by atoms with Crippen molar-refractivity contribution in [3.63, 3.8) is 0 Å². The molecule has 0 fully saturated rings. The number of rotatable bonds is 6. The van der Waals surface area contributed by atoms with Gasteiger partial charge in [0, 0.05) is 80.0 Å². The summed E-state index contributed by atoms with van der Waals surface area (Å²) < 4.78 is 16.1. The van der Waals surface area contributed by atoms with E-state index >= 15 is 0 Å². The Morgan fingerprint density at radius 1 is 0.346 bits per heavy atom. The van der Waals surface area contributed by atoms with Crippen LogP contribution in [0.2, 0.25) is 0 Å². The van der Waals surface area contributed by atoms with Gasteiger partial charge in [0.1, 0.15) is 23.3 Å². The Balaban J connectivity index is 1.13. The van der Waals surface area contributed by atoms with Gasteiger partial charge in [-0.05, 0) is 64.2 Å². The first-order chi connectivity index (χ1) is 40.2. The van der Waals surface area contributed by atoms with Gasteiger partial charge in [0.15, 0.2) is 0 Å². The molecule has 0 N–H and O–H groups in total. The lowest BCUT2D eigenvalue weighted by molar-refractivity contribution is 0.670. The van der Waals surface area contributed by atoms with Crippen molar-refractivity contribution in [3.05, 3.63) is 254 Å². The molecule has 0 aliphatic carbocycles. The second-order valence-corrected chi connectivity index (χ2v) is 22.9. The zero-order chi connectivity index (χ0) is 53.4. The van der Waals surface area contributed by atoms with Gasteiger partial charge >= 0.3 is 0 Å². The van der Waals surface area contributed by atoms with Crippen molar-refractivity contribution < 1.29 is 4.42 Å². The quantitative estimate of drug-likeness (QED) is 0.167. The maximum absolute atomic E-state index is 12.4. The lowest BCUT2D eigenvalue weighted by Crippen LogP contribution is -2.11. The molecule has 81 heavy (non-hydrogen) atoms. The fourth-order valence-corrected chi connectivity index (χ4v) is 15.8. The summed E-state index contributed by atoms with van der Waals surface area (Å²) in [5.74, 6) is 0. The van der Waals surface area contributed by atoms with E-state index in [2.05, 4.69) is 215 Å². The minimum absolute atomic E-state index is 0.402. The fourth-order valence-electron chi connectivity index (χ4n) is 13.3. The number of benzene rings is 12. The number of hydrogen-bond acceptors (Lipinski definition) is 5. The Labute approximate surface area is 471 Å². The molecule has 5 nitrogen and oxygen atoms in total. The normalized spacial score (nSPS) is 11.9. The van der Waals surface area contributed by atoms with Gasteiger partial charge in [-0.1, -0.05) is 206 Å². The molecular formula is C74H40N4OS2. The van der Waals surface area contributed by atoms with Crippen LogP contribution in [0.25, 0.3) is 162 Å². The summed E-state index contributed by atoms with van der Waals surface area (Å²) in [6, 6.07) is 91.1. The van der Waals surface area contributed by atoms with Gasteiger partial charge in [-0.3, -0.25) is 0 Å². The Hall–Kier alpha value is -10.5. The summed E-state index contributed by atoms with van der Waals surface area (Å²) in [5.41, 5.74) is 15.0. The summed E-state index contributed by atoms with van der Waals surface area (Å²) in [4.78, 5) is 0. The van der Waals surface area contributed by atoms with Crippen molar-refractivity contribution in [2.45, 2.75) is 0 Å². The maximum atomic E-state index is 12.4. The second-order valence-electron chi connectivity index (χ2n) is 20.7. The van der Waals surface area contributed by atoms with E-state index in [1.165, 1.54) is 20.2 Å². The third kappa shape index (κ3) is 6.39. The molecular weight excluding hydrogens is 1020 g/mol. The topological polar surface area (TPSA) is 70.6 Å². The Morgan fingerprint density at radius 3 is 1.62 bits per heavy atom. The summed E-state index contributed by atoms with van der Waals surface area (Å²) >= 11 is 3.59. The highest BCUT2D eigenvalue weighted by atomic mass is 32.1. The van der Waals surface area contributed by atoms with Gasteiger partial charge in [0.2, 0.25) is 0 Å². The van der Waals surface area contributed by atoms with Crippen molar-refractivity contribution in [1.82, 2.24) is 9.13 Å². The van der Waals surface area contributed by atoms with Crippen LogP contribution in [0.15, 0.2) is 247 Å². The van der Waals surface area contributed by atoms with Crippen LogP contribution in [-0.2, 0) is 0 Å². The van der Waals surface area contributed by atoms with Crippen LogP contribution in [-0.4, -0.2) is 9.13 Å². The molecule has 0 amide bonds.